The van der Waals surface area contributed by atoms with Crippen LogP contribution in [0.4, 0.5) is 11.5 Å². The van der Waals surface area contributed by atoms with E-state index in [1.807, 2.05) is 25.1 Å². The number of piperazine rings is 1. The maximum Gasteiger partial charge on any atom is 0.336 e. The van der Waals surface area contributed by atoms with Gasteiger partial charge in [-0.15, -0.1) is 0 Å². The van der Waals surface area contributed by atoms with Gasteiger partial charge < -0.3 is 15.3 Å². The smallest absolute Gasteiger partial charge is 0.336 e. The van der Waals surface area contributed by atoms with E-state index in [2.05, 4.69) is 22.0 Å². The highest BCUT2D eigenvalue weighted by molar-refractivity contribution is 6.08. The maximum atomic E-state index is 12.7. The number of hydrogen-bond donors (Lipinski definition) is 2. The lowest BCUT2D eigenvalue weighted by molar-refractivity contribution is 0.0698. The molecule has 2 heterocycles. The number of carboxylic acid groups (broad SMARTS) is 1. The molecular formula is C25H28N4O3. The Kier molecular flexibility index (Phi) is 6.37. The van der Waals surface area contributed by atoms with E-state index in [0.717, 1.165) is 44.7 Å². The molecule has 0 saturated carbocycles. The van der Waals surface area contributed by atoms with Crippen LogP contribution >= 0.6 is 0 Å². The normalized spacial score (nSPS) is 14.5. The number of nitrogens with zero attached hydrogens (tertiary/aromatic N) is 3. The van der Waals surface area contributed by atoms with E-state index in [0.29, 0.717) is 28.0 Å². The lowest BCUT2D eigenvalue weighted by Crippen LogP contribution is -2.46. The first-order valence-corrected chi connectivity index (χ1v) is 11.0. The fourth-order valence-corrected chi connectivity index (χ4v) is 4.17. The molecule has 1 fully saturated rings. The first-order chi connectivity index (χ1) is 15.5. The molecule has 0 unspecified atom stereocenters. The van der Waals surface area contributed by atoms with Crippen LogP contribution in [0.2, 0.25) is 0 Å². The van der Waals surface area contributed by atoms with E-state index in [-0.39, 0.29) is 11.5 Å². The van der Waals surface area contributed by atoms with Crippen LogP contribution in [0.1, 0.15) is 39.6 Å². The van der Waals surface area contributed by atoms with Gasteiger partial charge in [0.05, 0.1) is 11.1 Å². The lowest BCUT2D eigenvalue weighted by atomic mass is 10.1. The van der Waals surface area contributed by atoms with Crippen molar-refractivity contribution in [2.45, 2.75) is 20.3 Å². The number of carboxylic acids is 1. The number of fused-ring (bicyclic) bond motifs is 1. The molecule has 1 amide bonds. The van der Waals surface area contributed by atoms with Crippen LogP contribution in [0.25, 0.3) is 10.9 Å². The molecule has 0 radical (unpaired) electrons. The Morgan fingerprint density at radius 1 is 1.03 bits per heavy atom. The topological polar surface area (TPSA) is 85.8 Å². The number of rotatable bonds is 6. The van der Waals surface area contributed by atoms with Gasteiger partial charge in [0.2, 0.25) is 0 Å². The third kappa shape index (κ3) is 4.57. The van der Waals surface area contributed by atoms with Crippen LogP contribution in [0.5, 0.6) is 0 Å². The quantitative estimate of drug-likeness (QED) is 0.612. The van der Waals surface area contributed by atoms with Crippen molar-refractivity contribution in [2.24, 2.45) is 0 Å². The Hall–Kier alpha value is -3.45. The maximum absolute atomic E-state index is 12.7. The van der Waals surface area contributed by atoms with Crippen molar-refractivity contribution in [3.63, 3.8) is 0 Å². The SMILES string of the molecule is CCCN1CCN(c2cc(C(=O)O)c3cc(NC(=O)c4ccccc4C)ccc3n2)CC1. The number of nitrogens with one attached hydrogen (secondary N) is 1. The van der Waals surface area contributed by atoms with E-state index in [4.69, 9.17) is 4.98 Å². The predicted molar refractivity (Wildman–Crippen MR) is 127 cm³/mol. The Morgan fingerprint density at radius 2 is 1.78 bits per heavy atom. The Balaban J connectivity index is 1.61. The molecule has 4 rings (SSSR count). The number of aromatic carboxylic acids is 1. The standard InChI is InChI=1S/C25H28N4O3/c1-3-10-28-11-13-29(14-12-28)23-16-21(25(31)32)20-15-18(8-9-22(20)27-23)26-24(30)19-7-5-4-6-17(19)2/h4-9,15-16H,3,10-14H2,1-2H3,(H,26,30)(H,31,32). The number of benzene rings is 2. The molecule has 32 heavy (non-hydrogen) atoms. The first-order valence-electron chi connectivity index (χ1n) is 11.0. The highest BCUT2D eigenvalue weighted by Gasteiger charge is 2.21. The van der Waals surface area contributed by atoms with Crippen molar-refractivity contribution < 1.29 is 14.7 Å². The van der Waals surface area contributed by atoms with Crippen molar-refractivity contribution >= 4 is 34.3 Å². The van der Waals surface area contributed by atoms with Gasteiger partial charge >= 0.3 is 5.97 Å². The minimum absolute atomic E-state index is 0.188. The monoisotopic (exact) mass is 432 g/mol. The summed E-state index contributed by atoms with van der Waals surface area (Å²) in [5.74, 6) is -0.553. The number of pyridine rings is 1. The Bertz CT molecular complexity index is 1150. The van der Waals surface area contributed by atoms with Gasteiger partial charge in [0.25, 0.3) is 5.91 Å². The van der Waals surface area contributed by atoms with Crippen LogP contribution in [-0.2, 0) is 0 Å². The largest absolute Gasteiger partial charge is 0.478 e. The van der Waals surface area contributed by atoms with Crippen molar-refractivity contribution in [1.82, 2.24) is 9.88 Å². The molecule has 1 aliphatic rings. The van der Waals surface area contributed by atoms with E-state index < -0.39 is 5.97 Å². The molecule has 7 heteroatoms. The molecule has 0 atom stereocenters. The molecule has 0 bridgehead atoms. The number of aromatic nitrogens is 1. The average Bonchev–Trinajstić information content (AvgIpc) is 2.79. The summed E-state index contributed by atoms with van der Waals surface area (Å²) in [4.78, 5) is 34.0. The van der Waals surface area contributed by atoms with Gasteiger partial charge in [0, 0.05) is 42.8 Å². The van der Waals surface area contributed by atoms with Crippen molar-refractivity contribution in [3.8, 4) is 0 Å². The molecule has 166 valence electrons. The number of hydrogen-bond acceptors (Lipinski definition) is 5. The number of carbonyl (C=O) groups excluding carboxylic acids is 1. The Morgan fingerprint density at radius 3 is 2.47 bits per heavy atom. The molecule has 1 aliphatic heterocycles. The van der Waals surface area contributed by atoms with Gasteiger partial charge in [-0.05, 0) is 55.8 Å². The average molecular weight is 433 g/mol. The summed E-state index contributed by atoms with van der Waals surface area (Å²) in [6, 6.07) is 14.2. The number of amides is 1. The fraction of sp³-hybridized carbons (Fsp3) is 0.320. The van der Waals surface area contributed by atoms with E-state index >= 15 is 0 Å². The third-order valence-electron chi connectivity index (χ3n) is 5.91. The van der Waals surface area contributed by atoms with E-state index in [1.54, 1.807) is 30.3 Å². The second-order valence-corrected chi connectivity index (χ2v) is 8.16. The van der Waals surface area contributed by atoms with Crippen molar-refractivity contribution in [2.75, 3.05) is 42.9 Å². The van der Waals surface area contributed by atoms with Gasteiger partial charge in [-0.3, -0.25) is 9.69 Å². The summed E-state index contributed by atoms with van der Waals surface area (Å²) < 4.78 is 0. The zero-order valence-electron chi connectivity index (χ0n) is 18.5. The summed E-state index contributed by atoms with van der Waals surface area (Å²) in [6.07, 6.45) is 1.13. The van der Waals surface area contributed by atoms with Crippen molar-refractivity contribution in [1.29, 1.82) is 0 Å². The number of aryl methyl sites for hydroxylation is 1. The summed E-state index contributed by atoms with van der Waals surface area (Å²) in [5, 5.41) is 13.2. The summed E-state index contributed by atoms with van der Waals surface area (Å²) in [7, 11) is 0. The molecule has 1 aromatic heterocycles. The third-order valence-corrected chi connectivity index (χ3v) is 5.91. The first kappa shape index (κ1) is 21.8. The van der Waals surface area contributed by atoms with Crippen LogP contribution in [0, 0.1) is 6.92 Å². The molecule has 3 aromatic rings. The molecule has 2 aromatic carbocycles. The van der Waals surface area contributed by atoms with Crippen LogP contribution < -0.4 is 10.2 Å². The molecule has 0 spiro atoms. The van der Waals surface area contributed by atoms with Gasteiger partial charge in [0.1, 0.15) is 5.82 Å². The van der Waals surface area contributed by atoms with Crippen LogP contribution in [0.3, 0.4) is 0 Å². The molecule has 1 saturated heterocycles. The predicted octanol–water partition coefficient (Wildman–Crippen LogP) is 4.03. The van der Waals surface area contributed by atoms with Crippen LogP contribution in [-0.4, -0.2) is 59.6 Å². The molecular weight excluding hydrogens is 404 g/mol. The summed E-state index contributed by atoms with van der Waals surface area (Å²) in [5.41, 5.74) is 2.79. The summed E-state index contributed by atoms with van der Waals surface area (Å²) in [6.45, 7) is 8.67. The minimum atomic E-state index is -1.01. The van der Waals surface area contributed by atoms with E-state index in [9.17, 15) is 14.7 Å². The summed E-state index contributed by atoms with van der Waals surface area (Å²) >= 11 is 0. The molecule has 0 aliphatic carbocycles. The molecule has 2 N–H and O–H groups in total. The fourth-order valence-electron chi connectivity index (χ4n) is 4.17. The minimum Gasteiger partial charge on any atom is -0.478 e. The zero-order chi connectivity index (χ0) is 22.7. The van der Waals surface area contributed by atoms with Gasteiger partial charge in [-0.1, -0.05) is 25.1 Å². The van der Waals surface area contributed by atoms with Crippen LogP contribution in [0.15, 0.2) is 48.5 Å². The van der Waals surface area contributed by atoms with Gasteiger partial charge in [-0.2, -0.15) is 0 Å². The highest BCUT2D eigenvalue weighted by atomic mass is 16.4. The lowest BCUT2D eigenvalue weighted by Gasteiger charge is -2.35. The van der Waals surface area contributed by atoms with Gasteiger partial charge in [0.15, 0.2) is 0 Å². The second kappa shape index (κ2) is 9.36. The van der Waals surface area contributed by atoms with E-state index in [1.165, 1.54) is 0 Å². The molecule has 7 nitrogen and oxygen atoms in total. The van der Waals surface area contributed by atoms with Gasteiger partial charge in [-0.25, -0.2) is 9.78 Å². The number of anilines is 2. The Labute approximate surface area is 187 Å². The number of carbonyl (C=O) groups is 2. The second-order valence-electron chi connectivity index (χ2n) is 8.16. The zero-order valence-corrected chi connectivity index (χ0v) is 18.5. The highest BCUT2D eigenvalue weighted by Crippen LogP contribution is 2.27. The van der Waals surface area contributed by atoms with Crippen molar-refractivity contribution in [3.05, 3.63) is 65.2 Å².